The van der Waals surface area contributed by atoms with Crippen molar-refractivity contribution >= 4 is 29.0 Å². The van der Waals surface area contributed by atoms with Crippen LogP contribution < -0.4 is 4.74 Å². The minimum atomic E-state index is -0.392. The molecule has 5 heteroatoms. The molecule has 0 aliphatic carbocycles. The summed E-state index contributed by atoms with van der Waals surface area (Å²) in [6, 6.07) is 7.07. The predicted molar refractivity (Wildman–Crippen MR) is 91.2 cm³/mol. The minimum Gasteiger partial charge on any atom is -0.494 e. The predicted octanol–water partition coefficient (Wildman–Crippen LogP) is 3.98. The minimum absolute atomic E-state index is 0.00894. The van der Waals surface area contributed by atoms with Gasteiger partial charge in [0.2, 0.25) is 0 Å². The van der Waals surface area contributed by atoms with E-state index < -0.39 is 5.91 Å². The Morgan fingerprint density at radius 2 is 1.70 bits per heavy atom. The summed E-state index contributed by atoms with van der Waals surface area (Å²) in [4.78, 5) is 26.0. The number of rotatable bonds is 8. The molecule has 0 atom stereocenters. The number of halogens is 1. The van der Waals surface area contributed by atoms with E-state index in [1.54, 1.807) is 24.3 Å². The number of hydrogen-bond donors (Lipinski definition) is 0. The lowest BCUT2D eigenvalue weighted by Gasteiger charge is -2.14. The van der Waals surface area contributed by atoms with Crippen LogP contribution in [0.15, 0.2) is 29.3 Å². The summed E-state index contributed by atoms with van der Waals surface area (Å²) in [6.45, 7) is 5.03. The average molecular weight is 336 g/mol. The smallest absolute Gasteiger partial charge is 0.273 e. The Bertz CT molecular complexity index is 607. The normalized spacial score (nSPS) is 14.8. The molecule has 0 aromatic heterocycles. The lowest BCUT2D eigenvalue weighted by Crippen LogP contribution is -2.32. The maximum atomic E-state index is 12.5. The first-order chi connectivity index (χ1) is 11.1. The van der Waals surface area contributed by atoms with Gasteiger partial charge in [0.25, 0.3) is 11.8 Å². The molecule has 1 aromatic carbocycles. The molecular weight excluding hydrogens is 314 g/mol. The Hall–Kier alpha value is -1.81. The van der Waals surface area contributed by atoms with Gasteiger partial charge in [-0.15, -0.1) is 0 Å². The fourth-order valence-electron chi connectivity index (χ4n) is 2.58. The van der Waals surface area contributed by atoms with Gasteiger partial charge >= 0.3 is 0 Å². The zero-order chi connectivity index (χ0) is 16.8. The first-order valence-electron chi connectivity index (χ1n) is 8.09. The van der Waals surface area contributed by atoms with E-state index in [0.717, 1.165) is 31.4 Å². The number of ether oxygens (including phenoxy) is 1. The summed E-state index contributed by atoms with van der Waals surface area (Å²) in [5.41, 5.74) is 0.933. The van der Waals surface area contributed by atoms with Crippen LogP contribution >= 0.6 is 11.6 Å². The molecule has 0 unspecified atom stereocenters. The molecule has 0 fully saturated rings. The van der Waals surface area contributed by atoms with E-state index in [0.29, 0.717) is 18.7 Å². The summed E-state index contributed by atoms with van der Waals surface area (Å²) in [5, 5.41) is 0.00894. The van der Waals surface area contributed by atoms with Crippen molar-refractivity contribution < 1.29 is 14.3 Å². The van der Waals surface area contributed by atoms with Crippen LogP contribution in [0.5, 0.6) is 5.75 Å². The van der Waals surface area contributed by atoms with Crippen LogP contribution in [0.25, 0.3) is 5.57 Å². The van der Waals surface area contributed by atoms with E-state index in [-0.39, 0.29) is 16.5 Å². The first kappa shape index (κ1) is 17.5. The second-order valence-electron chi connectivity index (χ2n) is 5.47. The highest BCUT2D eigenvalue weighted by Crippen LogP contribution is 2.32. The highest BCUT2D eigenvalue weighted by molar-refractivity contribution is 6.55. The van der Waals surface area contributed by atoms with Gasteiger partial charge < -0.3 is 4.74 Å². The largest absolute Gasteiger partial charge is 0.494 e. The Morgan fingerprint density at radius 1 is 1.00 bits per heavy atom. The quantitative estimate of drug-likeness (QED) is 0.533. The number of unbranched alkanes of at least 4 members (excludes halogenated alkanes) is 3. The Balaban J connectivity index is 2.12. The third-order valence-corrected chi connectivity index (χ3v) is 4.15. The number of benzene rings is 1. The van der Waals surface area contributed by atoms with E-state index in [4.69, 9.17) is 16.3 Å². The van der Waals surface area contributed by atoms with E-state index in [1.807, 2.05) is 6.92 Å². The van der Waals surface area contributed by atoms with Crippen molar-refractivity contribution in [3.8, 4) is 5.75 Å². The molecule has 4 nitrogen and oxygen atoms in total. The van der Waals surface area contributed by atoms with Crippen molar-refractivity contribution in [1.82, 2.24) is 4.90 Å². The van der Waals surface area contributed by atoms with Crippen LogP contribution in [0.4, 0.5) is 0 Å². The highest BCUT2D eigenvalue weighted by atomic mass is 35.5. The van der Waals surface area contributed by atoms with Crippen LogP contribution in [0.1, 0.15) is 45.1 Å². The fraction of sp³-hybridized carbons (Fsp3) is 0.444. The van der Waals surface area contributed by atoms with Crippen LogP contribution in [0.2, 0.25) is 0 Å². The number of amides is 2. The summed E-state index contributed by atoms with van der Waals surface area (Å²) < 4.78 is 5.38. The van der Waals surface area contributed by atoms with Gasteiger partial charge in [0.15, 0.2) is 0 Å². The second kappa shape index (κ2) is 8.16. The van der Waals surface area contributed by atoms with Crippen LogP contribution in [0, 0.1) is 0 Å². The topological polar surface area (TPSA) is 46.6 Å². The standard InChI is InChI=1S/C18H22ClNO3/c1-3-5-6-7-12-20-17(21)15(16(19)18(20)22)13-8-10-14(11-9-13)23-4-2/h8-11H,3-7,12H2,1-2H3. The van der Waals surface area contributed by atoms with Crippen molar-refractivity contribution in [3.05, 3.63) is 34.9 Å². The van der Waals surface area contributed by atoms with E-state index in [9.17, 15) is 9.59 Å². The van der Waals surface area contributed by atoms with E-state index in [1.165, 1.54) is 4.90 Å². The van der Waals surface area contributed by atoms with Crippen molar-refractivity contribution in [2.75, 3.05) is 13.2 Å². The maximum absolute atomic E-state index is 12.5. The number of carbonyl (C=O) groups excluding carboxylic acids is 2. The Morgan fingerprint density at radius 3 is 2.30 bits per heavy atom. The summed E-state index contributed by atoms with van der Waals surface area (Å²) >= 11 is 6.13. The lowest BCUT2D eigenvalue weighted by molar-refractivity contribution is -0.136. The third kappa shape index (κ3) is 3.94. The van der Waals surface area contributed by atoms with Crippen molar-refractivity contribution in [2.45, 2.75) is 39.5 Å². The summed E-state index contributed by atoms with van der Waals surface area (Å²) in [6.07, 6.45) is 4.02. The number of nitrogens with zero attached hydrogens (tertiary/aromatic N) is 1. The van der Waals surface area contributed by atoms with Crippen LogP contribution in [-0.4, -0.2) is 29.9 Å². The summed E-state index contributed by atoms with van der Waals surface area (Å²) in [7, 11) is 0. The van der Waals surface area contributed by atoms with Crippen molar-refractivity contribution in [2.24, 2.45) is 0 Å². The second-order valence-corrected chi connectivity index (χ2v) is 5.85. The molecule has 2 rings (SSSR count). The molecule has 0 spiro atoms. The SMILES string of the molecule is CCCCCCN1C(=O)C(Cl)=C(c2ccc(OCC)cc2)C1=O. The molecule has 0 bridgehead atoms. The molecule has 1 aliphatic heterocycles. The molecular formula is C18H22ClNO3. The van der Waals surface area contributed by atoms with E-state index in [2.05, 4.69) is 6.92 Å². The lowest BCUT2D eigenvalue weighted by atomic mass is 10.1. The van der Waals surface area contributed by atoms with Gasteiger partial charge in [0.1, 0.15) is 10.8 Å². The first-order valence-corrected chi connectivity index (χ1v) is 8.47. The summed E-state index contributed by atoms with van der Waals surface area (Å²) in [5.74, 6) is 0.0267. The number of imide groups is 1. The molecule has 0 saturated carbocycles. The Kier molecular flexibility index (Phi) is 6.22. The van der Waals surface area contributed by atoms with Gasteiger partial charge in [-0.3, -0.25) is 14.5 Å². The fourth-order valence-corrected chi connectivity index (χ4v) is 2.87. The molecule has 0 saturated heterocycles. The molecule has 23 heavy (non-hydrogen) atoms. The van der Waals surface area contributed by atoms with Gasteiger partial charge in [0, 0.05) is 6.54 Å². The molecule has 1 aromatic rings. The molecule has 0 N–H and O–H groups in total. The van der Waals surface area contributed by atoms with Gasteiger partial charge in [-0.2, -0.15) is 0 Å². The van der Waals surface area contributed by atoms with Crippen LogP contribution in [-0.2, 0) is 9.59 Å². The molecule has 2 amide bonds. The maximum Gasteiger partial charge on any atom is 0.273 e. The third-order valence-electron chi connectivity index (χ3n) is 3.80. The van der Waals surface area contributed by atoms with Gasteiger partial charge in [-0.05, 0) is 31.0 Å². The van der Waals surface area contributed by atoms with Crippen molar-refractivity contribution in [1.29, 1.82) is 0 Å². The zero-order valence-electron chi connectivity index (χ0n) is 13.6. The van der Waals surface area contributed by atoms with E-state index >= 15 is 0 Å². The Labute approximate surface area is 142 Å². The number of carbonyl (C=O) groups is 2. The molecule has 0 radical (unpaired) electrons. The zero-order valence-corrected chi connectivity index (χ0v) is 14.4. The average Bonchev–Trinajstić information content (AvgIpc) is 2.76. The number of hydrogen-bond acceptors (Lipinski definition) is 3. The molecule has 1 aliphatic rings. The van der Waals surface area contributed by atoms with Crippen molar-refractivity contribution in [3.63, 3.8) is 0 Å². The molecule has 1 heterocycles. The van der Waals surface area contributed by atoms with Gasteiger partial charge in [0.05, 0.1) is 12.2 Å². The molecule has 124 valence electrons. The van der Waals surface area contributed by atoms with Crippen LogP contribution in [0.3, 0.4) is 0 Å². The monoisotopic (exact) mass is 335 g/mol. The van der Waals surface area contributed by atoms with Gasteiger partial charge in [-0.1, -0.05) is 49.9 Å². The highest BCUT2D eigenvalue weighted by Gasteiger charge is 2.37. The van der Waals surface area contributed by atoms with Gasteiger partial charge in [-0.25, -0.2) is 0 Å².